The summed E-state index contributed by atoms with van der Waals surface area (Å²) in [7, 11) is -3.08. The highest BCUT2D eigenvalue weighted by Crippen LogP contribution is 2.25. The van der Waals surface area contributed by atoms with E-state index < -0.39 is 9.84 Å². The average molecular weight is 437 g/mol. The highest BCUT2D eigenvalue weighted by molar-refractivity contribution is 9.10. The predicted molar refractivity (Wildman–Crippen MR) is 108 cm³/mol. The number of amides is 1. The fourth-order valence-corrected chi connectivity index (χ4v) is 5.38. The zero-order chi connectivity index (χ0) is 18.7. The van der Waals surface area contributed by atoms with Crippen molar-refractivity contribution in [2.45, 2.75) is 19.4 Å². The largest absolute Gasteiger partial charge is 0.376 e. The van der Waals surface area contributed by atoms with Crippen LogP contribution in [0.1, 0.15) is 12.0 Å². The maximum Gasteiger partial charge on any atom is 0.246 e. The number of rotatable bonds is 5. The Morgan fingerprint density at radius 2 is 1.96 bits per heavy atom. The lowest BCUT2D eigenvalue weighted by atomic mass is 10.1. The summed E-state index contributed by atoms with van der Waals surface area (Å²) in [5, 5.41) is 3.17. The van der Waals surface area contributed by atoms with Gasteiger partial charge in [-0.15, -0.1) is 0 Å². The van der Waals surface area contributed by atoms with E-state index in [1.54, 1.807) is 4.90 Å². The SMILES string of the molecule is Cc1cc(Br)ccc1NCC(=O)N(c1ccccc1)[C@H]1CCS(=O)(=O)C1. The molecule has 1 aliphatic rings. The lowest BCUT2D eigenvalue weighted by Gasteiger charge is -2.29. The molecule has 5 nitrogen and oxygen atoms in total. The van der Waals surface area contributed by atoms with E-state index in [0.29, 0.717) is 6.42 Å². The van der Waals surface area contributed by atoms with Gasteiger partial charge in [-0.25, -0.2) is 8.42 Å². The van der Waals surface area contributed by atoms with E-state index in [1.165, 1.54) is 0 Å². The Bertz CT molecular complexity index is 900. The van der Waals surface area contributed by atoms with E-state index in [9.17, 15) is 13.2 Å². The number of carbonyl (C=O) groups is 1. The Kier molecular flexibility index (Phi) is 5.67. The maximum atomic E-state index is 13.0. The van der Waals surface area contributed by atoms with Crippen LogP contribution >= 0.6 is 15.9 Å². The molecular formula is C19H21BrN2O3S. The first-order chi connectivity index (χ1) is 12.4. The standard InChI is InChI=1S/C19H21BrN2O3S/c1-14-11-15(20)7-8-18(14)21-12-19(23)22(16-5-3-2-4-6-16)17-9-10-26(24,25)13-17/h2-8,11,17,21H,9-10,12-13H2,1H3/t17-/m0/s1. The number of nitrogens with one attached hydrogen (secondary N) is 1. The molecule has 0 unspecified atom stereocenters. The number of benzene rings is 2. The second-order valence-electron chi connectivity index (χ2n) is 6.47. The molecule has 3 rings (SSSR count). The first-order valence-electron chi connectivity index (χ1n) is 8.43. The molecular weight excluding hydrogens is 416 g/mol. The normalized spacial score (nSPS) is 18.5. The molecule has 1 aliphatic heterocycles. The zero-order valence-electron chi connectivity index (χ0n) is 14.5. The van der Waals surface area contributed by atoms with Crippen molar-refractivity contribution in [3.05, 3.63) is 58.6 Å². The first kappa shape index (κ1) is 18.9. The van der Waals surface area contributed by atoms with Crippen molar-refractivity contribution in [1.29, 1.82) is 0 Å². The monoisotopic (exact) mass is 436 g/mol. The van der Waals surface area contributed by atoms with Crippen LogP contribution in [0.2, 0.25) is 0 Å². The minimum Gasteiger partial charge on any atom is -0.376 e. The number of carbonyl (C=O) groups excluding carboxylic acids is 1. The molecule has 0 spiro atoms. The minimum atomic E-state index is -3.08. The van der Waals surface area contributed by atoms with E-state index >= 15 is 0 Å². The fraction of sp³-hybridized carbons (Fsp3) is 0.316. The molecule has 0 aromatic heterocycles. The highest BCUT2D eigenvalue weighted by atomic mass is 79.9. The average Bonchev–Trinajstić information content (AvgIpc) is 2.95. The van der Waals surface area contributed by atoms with E-state index in [4.69, 9.17) is 0 Å². The summed E-state index contributed by atoms with van der Waals surface area (Å²) in [6.45, 7) is 2.07. The van der Waals surface area contributed by atoms with Crippen molar-refractivity contribution in [2.75, 3.05) is 28.3 Å². The van der Waals surface area contributed by atoms with E-state index in [1.807, 2.05) is 55.5 Å². The molecule has 2 aromatic carbocycles. The third kappa shape index (κ3) is 4.45. The van der Waals surface area contributed by atoms with Crippen LogP contribution in [0.25, 0.3) is 0 Å². The minimum absolute atomic E-state index is 0.0188. The Morgan fingerprint density at radius 3 is 2.58 bits per heavy atom. The second kappa shape index (κ2) is 7.80. The molecule has 0 radical (unpaired) electrons. The molecule has 1 heterocycles. The number of nitrogens with zero attached hydrogens (tertiary/aromatic N) is 1. The number of para-hydroxylation sites is 1. The van der Waals surface area contributed by atoms with Gasteiger partial charge in [0.05, 0.1) is 24.1 Å². The van der Waals surface area contributed by atoms with Gasteiger partial charge >= 0.3 is 0 Å². The van der Waals surface area contributed by atoms with E-state index in [0.717, 1.165) is 21.4 Å². The summed E-state index contributed by atoms with van der Waals surface area (Å²) in [5.74, 6) is 0.0129. The van der Waals surface area contributed by atoms with Gasteiger partial charge in [0.25, 0.3) is 0 Å². The topological polar surface area (TPSA) is 66.5 Å². The van der Waals surface area contributed by atoms with Gasteiger partial charge in [-0.3, -0.25) is 4.79 Å². The summed E-state index contributed by atoms with van der Waals surface area (Å²) in [6.07, 6.45) is 0.472. The van der Waals surface area contributed by atoms with Crippen LogP contribution in [0.15, 0.2) is 53.0 Å². The molecule has 1 fully saturated rings. The van der Waals surface area contributed by atoms with Crippen molar-refractivity contribution in [1.82, 2.24) is 0 Å². The molecule has 0 saturated carbocycles. The maximum absolute atomic E-state index is 13.0. The molecule has 138 valence electrons. The summed E-state index contributed by atoms with van der Waals surface area (Å²) < 4.78 is 24.8. The van der Waals surface area contributed by atoms with Crippen LogP contribution < -0.4 is 10.2 Å². The first-order valence-corrected chi connectivity index (χ1v) is 11.0. The smallest absolute Gasteiger partial charge is 0.246 e. The molecule has 1 amide bonds. The highest BCUT2D eigenvalue weighted by Gasteiger charge is 2.35. The van der Waals surface area contributed by atoms with Crippen molar-refractivity contribution in [2.24, 2.45) is 0 Å². The summed E-state index contributed by atoms with van der Waals surface area (Å²) in [5.41, 5.74) is 2.64. The number of hydrogen-bond donors (Lipinski definition) is 1. The van der Waals surface area contributed by atoms with Gasteiger partial charge in [0.1, 0.15) is 0 Å². The van der Waals surface area contributed by atoms with Crippen molar-refractivity contribution in [3.8, 4) is 0 Å². The third-order valence-corrected chi connectivity index (χ3v) is 6.74. The van der Waals surface area contributed by atoms with Crippen LogP contribution in [0.3, 0.4) is 0 Å². The van der Waals surface area contributed by atoms with Crippen molar-refractivity contribution in [3.63, 3.8) is 0 Å². The molecule has 0 aliphatic carbocycles. The number of sulfone groups is 1. The molecule has 0 bridgehead atoms. The van der Waals surface area contributed by atoms with Gasteiger partial charge in [0, 0.05) is 15.8 Å². The van der Waals surface area contributed by atoms with Crippen LogP contribution in [0.5, 0.6) is 0 Å². The quantitative estimate of drug-likeness (QED) is 0.779. The van der Waals surface area contributed by atoms with Gasteiger partial charge in [0.2, 0.25) is 5.91 Å². The fourth-order valence-electron chi connectivity index (χ4n) is 3.21. The van der Waals surface area contributed by atoms with Crippen LogP contribution in [-0.4, -0.2) is 38.4 Å². The number of halogens is 1. The molecule has 1 atom stereocenters. The lowest BCUT2D eigenvalue weighted by Crippen LogP contribution is -2.44. The summed E-state index contributed by atoms with van der Waals surface area (Å²) in [6, 6.07) is 14.8. The Labute approximate surface area is 162 Å². The Balaban J connectivity index is 1.79. The van der Waals surface area contributed by atoms with Crippen LogP contribution in [0, 0.1) is 6.92 Å². The molecule has 26 heavy (non-hydrogen) atoms. The number of aryl methyl sites for hydroxylation is 1. The van der Waals surface area contributed by atoms with E-state index in [-0.39, 0.29) is 30.0 Å². The van der Waals surface area contributed by atoms with E-state index in [2.05, 4.69) is 21.2 Å². The van der Waals surface area contributed by atoms with Gasteiger partial charge in [0.15, 0.2) is 9.84 Å². The number of anilines is 2. The Morgan fingerprint density at radius 1 is 1.23 bits per heavy atom. The third-order valence-electron chi connectivity index (χ3n) is 4.50. The van der Waals surface area contributed by atoms with Gasteiger partial charge < -0.3 is 10.2 Å². The summed E-state index contributed by atoms with van der Waals surface area (Å²) >= 11 is 3.43. The Hall–Kier alpha value is -1.86. The molecule has 2 aromatic rings. The zero-order valence-corrected chi connectivity index (χ0v) is 16.9. The predicted octanol–water partition coefficient (Wildman–Crippen LogP) is 3.39. The lowest BCUT2D eigenvalue weighted by molar-refractivity contribution is -0.117. The number of hydrogen-bond acceptors (Lipinski definition) is 4. The van der Waals surface area contributed by atoms with Gasteiger partial charge in [-0.05, 0) is 49.2 Å². The molecule has 1 N–H and O–H groups in total. The van der Waals surface area contributed by atoms with Crippen LogP contribution in [0.4, 0.5) is 11.4 Å². The van der Waals surface area contributed by atoms with Crippen LogP contribution in [-0.2, 0) is 14.6 Å². The molecule has 1 saturated heterocycles. The van der Waals surface area contributed by atoms with Crippen molar-refractivity contribution >= 4 is 43.0 Å². The second-order valence-corrected chi connectivity index (χ2v) is 9.61. The summed E-state index contributed by atoms with van der Waals surface area (Å²) in [4.78, 5) is 14.6. The van der Waals surface area contributed by atoms with Gasteiger partial charge in [-0.1, -0.05) is 34.1 Å². The van der Waals surface area contributed by atoms with Gasteiger partial charge in [-0.2, -0.15) is 0 Å². The molecule has 7 heteroatoms. The van der Waals surface area contributed by atoms with Crippen molar-refractivity contribution < 1.29 is 13.2 Å².